The Hall–Kier alpha value is -2.57. The van der Waals surface area contributed by atoms with Gasteiger partial charge in [0.1, 0.15) is 11.5 Å². The highest BCUT2D eigenvalue weighted by Crippen LogP contribution is 2.24. The average molecular weight is 375 g/mol. The summed E-state index contributed by atoms with van der Waals surface area (Å²) in [5, 5.41) is 4.36. The van der Waals surface area contributed by atoms with Crippen molar-refractivity contribution in [3.8, 4) is 11.3 Å². The Balaban J connectivity index is 1.71. The molecule has 0 atom stereocenters. The number of nitrogens with zero attached hydrogens (tertiary/aromatic N) is 1. The molecule has 0 saturated heterocycles. The van der Waals surface area contributed by atoms with E-state index in [1.54, 1.807) is 36.4 Å². The number of halogens is 1. The summed E-state index contributed by atoms with van der Waals surface area (Å²) >= 11 is 5.96. The molecule has 5 nitrogen and oxygen atoms in total. The van der Waals surface area contributed by atoms with Gasteiger partial charge in [0.2, 0.25) is 0 Å². The van der Waals surface area contributed by atoms with Gasteiger partial charge in [0.05, 0.1) is 11.1 Å². The number of furan rings is 1. The number of hydrazone groups is 1. The molecule has 25 heavy (non-hydrogen) atoms. The van der Waals surface area contributed by atoms with Gasteiger partial charge in [-0.1, -0.05) is 41.4 Å². The topological polar surface area (TPSA) is 71.7 Å². The second kappa shape index (κ2) is 7.13. The molecule has 3 aromatic rings. The van der Waals surface area contributed by atoms with Gasteiger partial charge < -0.3 is 4.42 Å². The van der Waals surface area contributed by atoms with Gasteiger partial charge in [-0.05, 0) is 43.3 Å². The first-order valence-corrected chi connectivity index (χ1v) is 9.27. The minimum atomic E-state index is -3.71. The van der Waals surface area contributed by atoms with Gasteiger partial charge in [-0.2, -0.15) is 18.4 Å². The summed E-state index contributed by atoms with van der Waals surface area (Å²) in [7, 11) is -3.71. The quantitative estimate of drug-likeness (QED) is 0.536. The van der Waals surface area contributed by atoms with Crippen molar-refractivity contribution in [2.75, 3.05) is 0 Å². The fourth-order valence-electron chi connectivity index (χ4n) is 2.15. The lowest BCUT2D eigenvalue weighted by atomic mass is 10.2. The van der Waals surface area contributed by atoms with Gasteiger partial charge in [0.15, 0.2) is 0 Å². The number of benzene rings is 2. The Bertz CT molecular complexity index is 1010. The fourth-order valence-corrected chi connectivity index (χ4v) is 3.13. The first-order chi connectivity index (χ1) is 11.9. The zero-order valence-electron chi connectivity index (χ0n) is 13.3. The van der Waals surface area contributed by atoms with E-state index in [2.05, 4.69) is 9.93 Å². The van der Waals surface area contributed by atoms with Gasteiger partial charge in [0.25, 0.3) is 10.0 Å². The van der Waals surface area contributed by atoms with E-state index >= 15 is 0 Å². The van der Waals surface area contributed by atoms with E-state index in [1.807, 2.05) is 19.1 Å². The van der Waals surface area contributed by atoms with Gasteiger partial charge in [0, 0.05) is 10.6 Å². The molecule has 0 aliphatic carbocycles. The van der Waals surface area contributed by atoms with Crippen molar-refractivity contribution in [2.24, 2.45) is 5.10 Å². The Kier molecular flexibility index (Phi) is 4.92. The predicted octanol–water partition coefficient (Wildman–Crippen LogP) is 4.22. The Morgan fingerprint density at radius 1 is 1.08 bits per heavy atom. The highest BCUT2D eigenvalue weighted by atomic mass is 35.5. The standard InChI is InChI=1S/C18H15ClN2O3S/c1-13-5-8-17(9-6-13)25(22,23)21-20-12-16-7-10-18(24-16)14-3-2-4-15(19)11-14/h2-12,21H,1H3/b20-12-. The Morgan fingerprint density at radius 3 is 2.56 bits per heavy atom. The Labute approximate surface area is 151 Å². The number of aryl methyl sites for hydroxylation is 1. The summed E-state index contributed by atoms with van der Waals surface area (Å²) < 4.78 is 29.9. The Morgan fingerprint density at radius 2 is 1.84 bits per heavy atom. The molecule has 0 unspecified atom stereocenters. The van der Waals surface area contributed by atoms with Crippen LogP contribution >= 0.6 is 11.6 Å². The zero-order valence-corrected chi connectivity index (χ0v) is 14.9. The molecule has 0 radical (unpaired) electrons. The molecule has 0 saturated carbocycles. The molecule has 0 aliphatic rings. The average Bonchev–Trinajstić information content (AvgIpc) is 3.04. The highest BCUT2D eigenvalue weighted by molar-refractivity contribution is 7.89. The van der Waals surface area contributed by atoms with E-state index in [0.717, 1.165) is 11.1 Å². The smallest absolute Gasteiger partial charge is 0.276 e. The summed E-state index contributed by atoms with van der Waals surface area (Å²) in [4.78, 5) is 2.31. The molecule has 128 valence electrons. The summed E-state index contributed by atoms with van der Waals surface area (Å²) in [5.41, 5.74) is 1.80. The molecule has 0 spiro atoms. The normalized spacial score (nSPS) is 11.8. The third-order valence-electron chi connectivity index (χ3n) is 3.43. The number of nitrogens with one attached hydrogen (secondary N) is 1. The van der Waals surface area contributed by atoms with Crippen molar-refractivity contribution in [3.63, 3.8) is 0 Å². The molecular weight excluding hydrogens is 360 g/mol. The molecular formula is C18H15ClN2O3S. The van der Waals surface area contributed by atoms with Gasteiger partial charge in [-0.3, -0.25) is 0 Å². The second-order valence-electron chi connectivity index (χ2n) is 5.38. The van der Waals surface area contributed by atoms with Crippen LogP contribution in [0.2, 0.25) is 5.02 Å². The number of hydrogen-bond acceptors (Lipinski definition) is 4. The summed E-state index contributed by atoms with van der Waals surface area (Å²) in [6.07, 6.45) is 1.31. The largest absolute Gasteiger partial charge is 0.455 e. The maximum atomic E-state index is 12.1. The van der Waals surface area contributed by atoms with Crippen molar-refractivity contribution in [1.82, 2.24) is 4.83 Å². The predicted molar refractivity (Wildman–Crippen MR) is 98.2 cm³/mol. The van der Waals surface area contributed by atoms with Gasteiger partial charge >= 0.3 is 0 Å². The van der Waals surface area contributed by atoms with Crippen LogP contribution in [0.15, 0.2) is 75.1 Å². The number of hydrogen-bond donors (Lipinski definition) is 1. The highest BCUT2D eigenvalue weighted by Gasteiger charge is 2.12. The van der Waals surface area contributed by atoms with Crippen LogP contribution in [0.3, 0.4) is 0 Å². The first-order valence-electron chi connectivity index (χ1n) is 7.41. The molecule has 0 amide bonds. The maximum absolute atomic E-state index is 12.1. The van der Waals surface area contributed by atoms with Crippen LogP contribution in [0.4, 0.5) is 0 Å². The summed E-state index contributed by atoms with van der Waals surface area (Å²) in [6, 6.07) is 17.2. The van der Waals surface area contributed by atoms with Crippen LogP contribution in [-0.2, 0) is 10.0 Å². The third kappa shape index (κ3) is 4.29. The lowest BCUT2D eigenvalue weighted by molar-refractivity contribution is 0.573. The maximum Gasteiger partial charge on any atom is 0.276 e. The van der Waals surface area contributed by atoms with Crippen molar-refractivity contribution >= 4 is 27.8 Å². The van der Waals surface area contributed by atoms with E-state index in [9.17, 15) is 8.42 Å². The molecule has 3 rings (SSSR count). The van der Waals surface area contributed by atoms with Crippen molar-refractivity contribution < 1.29 is 12.8 Å². The van der Waals surface area contributed by atoms with Gasteiger partial charge in [-0.25, -0.2) is 0 Å². The van der Waals surface area contributed by atoms with Gasteiger partial charge in [-0.15, -0.1) is 0 Å². The zero-order chi connectivity index (χ0) is 17.9. The van der Waals surface area contributed by atoms with Crippen LogP contribution < -0.4 is 4.83 Å². The van der Waals surface area contributed by atoms with Crippen LogP contribution in [-0.4, -0.2) is 14.6 Å². The molecule has 1 N–H and O–H groups in total. The third-order valence-corrected chi connectivity index (χ3v) is 4.91. The van der Waals surface area contributed by atoms with E-state index in [0.29, 0.717) is 16.5 Å². The lowest BCUT2D eigenvalue weighted by Crippen LogP contribution is -2.18. The van der Waals surface area contributed by atoms with Crippen LogP contribution in [0.1, 0.15) is 11.3 Å². The number of rotatable bonds is 5. The molecule has 1 heterocycles. The fraction of sp³-hybridized carbons (Fsp3) is 0.0556. The molecule has 0 fully saturated rings. The summed E-state index contributed by atoms with van der Waals surface area (Å²) in [6.45, 7) is 1.89. The van der Waals surface area contributed by atoms with E-state index in [1.165, 1.54) is 18.3 Å². The SMILES string of the molecule is Cc1ccc(S(=O)(=O)N/N=C\c2ccc(-c3cccc(Cl)c3)o2)cc1. The monoisotopic (exact) mass is 374 g/mol. The summed E-state index contributed by atoms with van der Waals surface area (Å²) in [5.74, 6) is 1.03. The first kappa shape index (κ1) is 17.3. The molecule has 0 aliphatic heterocycles. The second-order valence-corrected chi connectivity index (χ2v) is 7.48. The lowest BCUT2D eigenvalue weighted by Gasteiger charge is -2.03. The molecule has 0 bridgehead atoms. The van der Waals surface area contributed by atoms with Crippen molar-refractivity contribution in [3.05, 3.63) is 77.0 Å². The number of sulfonamides is 1. The van der Waals surface area contributed by atoms with Crippen molar-refractivity contribution in [1.29, 1.82) is 0 Å². The van der Waals surface area contributed by atoms with Crippen molar-refractivity contribution in [2.45, 2.75) is 11.8 Å². The van der Waals surface area contributed by atoms with E-state index < -0.39 is 10.0 Å². The molecule has 1 aromatic heterocycles. The minimum absolute atomic E-state index is 0.148. The van der Waals surface area contributed by atoms with Crippen LogP contribution in [0, 0.1) is 6.92 Å². The minimum Gasteiger partial charge on any atom is -0.455 e. The van der Waals surface area contributed by atoms with Crippen LogP contribution in [0.5, 0.6) is 0 Å². The van der Waals surface area contributed by atoms with Crippen LogP contribution in [0.25, 0.3) is 11.3 Å². The van der Waals surface area contributed by atoms with E-state index in [4.69, 9.17) is 16.0 Å². The molecule has 2 aromatic carbocycles. The molecule has 7 heteroatoms. The van der Waals surface area contributed by atoms with E-state index in [-0.39, 0.29) is 4.90 Å².